The van der Waals surface area contributed by atoms with Crippen molar-refractivity contribution in [2.45, 2.75) is 13.8 Å². The van der Waals surface area contributed by atoms with Crippen LogP contribution in [0.4, 0.5) is 0 Å². The number of halogens is 2. The topological polar surface area (TPSA) is 15.8 Å². The summed E-state index contributed by atoms with van der Waals surface area (Å²) >= 11 is 11.3. The largest absolute Gasteiger partial charge is 0.361 e. The Morgan fingerprint density at radius 1 is 0.905 bits per heavy atom. The quantitative estimate of drug-likeness (QED) is 0.487. The van der Waals surface area contributed by atoms with Crippen LogP contribution >= 0.6 is 23.2 Å². The molecule has 0 amide bonds. The van der Waals surface area contributed by atoms with Crippen LogP contribution in [-0.4, -0.2) is 4.98 Å². The van der Waals surface area contributed by atoms with Crippen LogP contribution in [0.5, 0.6) is 0 Å². The summed E-state index contributed by atoms with van der Waals surface area (Å²) in [5.41, 5.74) is 3.63. The summed E-state index contributed by atoms with van der Waals surface area (Å²) in [6.45, 7) is 4.07. The van der Waals surface area contributed by atoms with Gasteiger partial charge in [0.25, 0.3) is 0 Å². The van der Waals surface area contributed by atoms with E-state index in [0.717, 1.165) is 5.56 Å². The third-order valence-electron chi connectivity index (χ3n) is 2.80. The number of hydrogen-bond donors (Lipinski definition) is 1. The number of para-hydroxylation sites is 1. The lowest BCUT2D eigenvalue weighted by atomic mass is 10.2. The van der Waals surface area contributed by atoms with Crippen LogP contribution in [0.15, 0.2) is 48.7 Å². The Kier molecular flexibility index (Phi) is 6.88. The molecule has 3 aromatic rings. The summed E-state index contributed by atoms with van der Waals surface area (Å²) in [5, 5.41) is 2.71. The number of aromatic amines is 1. The van der Waals surface area contributed by atoms with Gasteiger partial charge in [0.1, 0.15) is 0 Å². The molecule has 0 spiro atoms. The van der Waals surface area contributed by atoms with Gasteiger partial charge in [0, 0.05) is 27.1 Å². The number of hydrogen-bond acceptors (Lipinski definition) is 0. The van der Waals surface area contributed by atoms with Gasteiger partial charge in [-0.05, 0) is 49.2 Å². The smallest absolute Gasteiger partial charge is 0.0456 e. The fourth-order valence-electron chi connectivity index (χ4n) is 1.91. The predicted octanol–water partition coefficient (Wildman–Crippen LogP) is 6.03. The van der Waals surface area contributed by atoms with Crippen LogP contribution in [0.25, 0.3) is 10.9 Å². The maximum Gasteiger partial charge on any atom is 0.0456 e. The highest BCUT2D eigenvalue weighted by Gasteiger charge is 1.94. The summed E-state index contributed by atoms with van der Waals surface area (Å²) in [7, 11) is 0. The Bertz CT molecular complexity index is 676. The first-order valence-corrected chi connectivity index (χ1v) is 7.10. The van der Waals surface area contributed by atoms with E-state index in [4.69, 9.17) is 23.2 Å². The zero-order valence-corrected chi connectivity index (χ0v) is 13.5. The molecule has 21 heavy (non-hydrogen) atoms. The Morgan fingerprint density at radius 3 is 2.00 bits per heavy atom. The van der Waals surface area contributed by atoms with Gasteiger partial charge in [0.15, 0.2) is 0 Å². The molecule has 0 aliphatic rings. The van der Waals surface area contributed by atoms with E-state index in [1.54, 1.807) is 6.07 Å². The van der Waals surface area contributed by atoms with E-state index in [1.165, 1.54) is 16.5 Å². The molecule has 0 unspecified atom stereocenters. The summed E-state index contributed by atoms with van der Waals surface area (Å²) in [4.78, 5) is 3.19. The van der Waals surface area contributed by atoms with E-state index in [0.29, 0.717) is 10.0 Å². The van der Waals surface area contributed by atoms with E-state index >= 15 is 0 Å². The number of rotatable bonds is 0. The summed E-state index contributed by atoms with van der Waals surface area (Å²) in [5.74, 6) is 0. The molecule has 0 radical (unpaired) electrons. The van der Waals surface area contributed by atoms with E-state index in [9.17, 15) is 0 Å². The molecular weight excluding hydrogens is 301 g/mol. The Morgan fingerprint density at radius 2 is 1.48 bits per heavy atom. The van der Waals surface area contributed by atoms with Gasteiger partial charge in [0.05, 0.1) is 0 Å². The third-order valence-corrected chi connectivity index (χ3v) is 3.24. The molecule has 0 aliphatic carbocycles. The minimum absolute atomic E-state index is 0.694. The summed E-state index contributed by atoms with van der Waals surface area (Å²) < 4.78 is 0. The van der Waals surface area contributed by atoms with Crippen molar-refractivity contribution in [3.63, 3.8) is 0 Å². The summed E-state index contributed by atoms with van der Waals surface area (Å²) in [6.07, 6.45) is 10.0. The van der Waals surface area contributed by atoms with Gasteiger partial charge in [0.2, 0.25) is 0 Å². The van der Waals surface area contributed by atoms with E-state index in [2.05, 4.69) is 43.0 Å². The van der Waals surface area contributed by atoms with Gasteiger partial charge in [-0.15, -0.1) is 12.8 Å². The Labute approximate surface area is 135 Å². The normalized spacial score (nSPS) is 9.24. The lowest BCUT2D eigenvalue weighted by Gasteiger charge is -1.93. The second kappa shape index (κ2) is 8.42. The summed E-state index contributed by atoms with van der Waals surface area (Å²) in [6, 6.07) is 13.8. The number of H-pyrrole nitrogens is 1. The molecule has 2 aromatic carbocycles. The minimum atomic E-state index is 0.694. The van der Waals surface area contributed by atoms with Crippen LogP contribution in [0.1, 0.15) is 11.1 Å². The molecule has 1 aromatic heterocycles. The van der Waals surface area contributed by atoms with Crippen LogP contribution < -0.4 is 0 Å². The van der Waals surface area contributed by atoms with Crippen LogP contribution in [-0.2, 0) is 0 Å². The van der Waals surface area contributed by atoms with Gasteiger partial charge in [-0.25, -0.2) is 0 Å². The number of fused-ring (bicyclic) bond motifs is 1. The molecule has 0 bridgehead atoms. The molecule has 0 saturated carbocycles. The highest BCUT2D eigenvalue weighted by molar-refractivity contribution is 6.34. The van der Waals surface area contributed by atoms with Crippen molar-refractivity contribution in [2.75, 3.05) is 0 Å². The molecule has 0 atom stereocenters. The molecule has 1 heterocycles. The predicted molar refractivity (Wildman–Crippen MR) is 94.1 cm³/mol. The second-order valence-electron chi connectivity index (χ2n) is 4.46. The van der Waals surface area contributed by atoms with Crippen molar-refractivity contribution < 1.29 is 0 Å². The molecule has 1 nitrogen and oxygen atoms in total. The molecule has 0 saturated heterocycles. The van der Waals surface area contributed by atoms with Crippen molar-refractivity contribution in [1.29, 1.82) is 0 Å². The Hall–Kier alpha value is -1.88. The second-order valence-corrected chi connectivity index (χ2v) is 5.34. The van der Waals surface area contributed by atoms with Gasteiger partial charge in [-0.2, -0.15) is 0 Å². The maximum absolute atomic E-state index is 5.67. The first-order chi connectivity index (χ1) is 10.1. The molecule has 0 fully saturated rings. The molecule has 3 heteroatoms. The van der Waals surface area contributed by atoms with Crippen LogP contribution in [0.2, 0.25) is 10.0 Å². The van der Waals surface area contributed by atoms with Crippen LogP contribution in [0.3, 0.4) is 0 Å². The highest BCUT2D eigenvalue weighted by atomic mass is 35.5. The third kappa shape index (κ3) is 5.19. The maximum atomic E-state index is 5.67. The van der Waals surface area contributed by atoms with Crippen molar-refractivity contribution in [3.8, 4) is 12.8 Å². The highest BCUT2D eigenvalue weighted by Crippen LogP contribution is 2.17. The van der Waals surface area contributed by atoms with E-state index in [1.807, 2.05) is 31.3 Å². The van der Waals surface area contributed by atoms with Gasteiger partial charge in [-0.3, -0.25) is 0 Å². The van der Waals surface area contributed by atoms with Crippen molar-refractivity contribution in [1.82, 2.24) is 4.98 Å². The molecule has 3 rings (SSSR count). The minimum Gasteiger partial charge on any atom is -0.361 e. The Balaban J connectivity index is 0.000000189. The van der Waals surface area contributed by atoms with Gasteiger partial charge >= 0.3 is 0 Å². The van der Waals surface area contributed by atoms with E-state index < -0.39 is 0 Å². The standard InChI is InChI=1S/C9H9N.C7H6Cl2.C2H2/c1-7-6-10-9-5-3-2-4-8(7)9;1-5-2-6(8)4-7(9)3-5;1-2/h2-6,10H,1H3;2-4H,1H3;1-2H. The number of terminal acetylenes is 1. The fraction of sp³-hybridized carbons (Fsp3) is 0.111. The van der Waals surface area contributed by atoms with Crippen molar-refractivity contribution >= 4 is 34.1 Å². The first-order valence-electron chi connectivity index (χ1n) is 6.35. The van der Waals surface area contributed by atoms with Crippen molar-refractivity contribution in [3.05, 3.63) is 69.8 Å². The lowest BCUT2D eigenvalue weighted by molar-refractivity contribution is 1.43. The SMILES string of the molecule is C#C.Cc1c[nH]c2ccccc12.Cc1cc(Cl)cc(Cl)c1. The average molecular weight is 318 g/mol. The number of nitrogens with one attached hydrogen (secondary N) is 1. The lowest BCUT2D eigenvalue weighted by Crippen LogP contribution is -1.70. The molecule has 108 valence electrons. The van der Waals surface area contributed by atoms with E-state index in [-0.39, 0.29) is 0 Å². The average Bonchev–Trinajstić information content (AvgIpc) is 2.82. The monoisotopic (exact) mass is 317 g/mol. The number of aryl methyl sites for hydroxylation is 2. The zero-order valence-electron chi connectivity index (χ0n) is 12.0. The van der Waals surface area contributed by atoms with Crippen molar-refractivity contribution in [2.24, 2.45) is 0 Å². The van der Waals surface area contributed by atoms with Gasteiger partial charge in [-0.1, -0.05) is 41.4 Å². The number of benzene rings is 2. The zero-order chi connectivity index (χ0) is 15.8. The molecule has 1 N–H and O–H groups in total. The van der Waals surface area contributed by atoms with Crippen LogP contribution in [0, 0.1) is 26.7 Å². The molecular formula is C18H17Cl2N. The fourth-order valence-corrected chi connectivity index (χ4v) is 2.54. The first kappa shape index (κ1) is 17.2. The van der Waals surface area contributed by atoms with Gasteiger partial charge < -0.3 is 4.98 Å². The molecule has 0 aliphatic heterocycles. The number of aromatic nitrogens is 1.